The fraction of sp³-hybridized carbons (Fsp3) is 0.700. The van der Waals surface area contributed by atoms with Crippen LogP contribution < -0.4 is 0 Å². The lowest BCUT2D eigenvalue weighted by atomic mass is 9.83. The minimum absolute atomic E-state index is 0.100. The van der Waals surface area contributed by atoms with Gasteiger partial charge in [-0.15, -0.1) is 0 Å². The van der Waals surface area contributed by atoms with Crippen molar-refractivity contribution in [3.05, 3.63) is 12.8 Å². The van der Waals surface area contributed by atoms with E-state index in [4.69, 9.17) is 4.74 Å². The quantitative estimate of drug-likeness (QED) is 0.467. The summed E-state index contributed by atoms with van der Waals surface area (Å²) < 4.78 is 4.74. The molecule has 12 heavy (non-hydrogen) atoms. The first-order valence-electron chi connectivity index (χ1n) is 4.55. The van der Waals surface area contributed by atoms with Crippen LogP contribution in [-0.4, -0.2) is 5.97 Å². The van der Waals surface area contributed by atoms with E-state index in [0.717, 1.165) is 31.6 Å². The molecule has 0 atom stereocenters. The summed E-state index contributed by atoms with van der Waals surface area (Å²) in [6, 6.07) is 0. The van der Waals surface area contributed by atoms with Gasteiger partial charge in [-0.05, 0) is 31.6 Å². The van der Waals surface area contributed by atoms with Gasteiger partial charge in [0.1, 0.15) is 0 Å². The van der Waals surface area contributed by atoms with Crippen LogP contribution in [0.1, 0.15) is 32.6 Å². The first-order valence-corrected chi connectivity index (χ1v) is 4.55. The Labute approximate surface area is 73.6 Å². The van der Waals surface area contributed by atoms with Gasteiger partial charge >= 0.3 is 5.97 Å². The summed E-state index contributed by atoms with van der Waals surface area (Å²) in [6.07, 6.45) is 5.48. The van der Waals surface area contributed by atoms with Gasteiger partial charge in [0.25, 0.3) is 0 Å². The molecule has 0 radical (unpaired) electrons. The number of carbonyl (C=O) groups is 1. The van der Waals surface area contributed by atoms with Crippen LogP contribution in [0.25, 0.3) is 0 Å². The Hall–Kier alpha value is -0.790. The molecular weight excluding hydrogens is 152 g/mol. The van der Waals surface area contributed by atoms with E-state index in [1.165, 1.54) is 6.26 Å². The van der Waals surface area contributed by atoms with Crippen LogP contribution in [0.15, 0.2) is 12.8 Å². The Kier molecular flexibility index (Phi) is 3.32. The molecule has 0 bridgehead atoms. The predicted octanol–water partition coefficient (Wildman–Crippen LogP) is 2.50. The molecule has 0 amide bonds. The third-order valence-electron chi connectivity index (χ3n) is 2.55. The Morgan fingerprint density at radius 1 is 1.42 bits per heavy atom. The van der Waals surface area contributed by atoms with E-state index in [-0.39, 0.29) is 11.9 Å². The van der Waals surface area contributed by atoms with Crippen LogP contribution in [0.5, 0.6) is 0 Å². The molecule has 68 valence electrons. The van der Waals surface area contributed by atoms with Crippen LogP contribution >= 0.6 is 0 Å². The lowest BCUT2D eigenvalue weighted by molar-refractivity contribution is -0.144. The van der Waals surface area contributed by atoms with E-state index in [0.29, 0.717) is 0 Å². The zero-order valence-electron chi connectivity index (χ0n) is 7.58. The molecule has 2 nitrogen and oxygen atoms in total. The molecule has 0 heterocycles. The Morgan fingerprint density at radius 3 is 2.50 bits per heavy atom. The van der Waals surface area contributed by atoms with E-state index < -0.39 is 0 Å². The fourth-order valence-electron chi connectivity index (χ4n) is 1.67. The molecule has 1 rings (SSSR count). The van der Waals surface area contributed by atoms with Crippen molar-refractivity contribution in [3.63, 3.8) is 0 Å². The van der Waals surface area contributed by atoms with Crippen molar-refractivity contribution in [2.24, 2.45) is 11.8 Å². The Bertz CT molecular complexity index is 167. The van der Waals surface area contributed by atoms with Crippen molar-refractivity contribution < 1.29 is 9.53 Å². The maximum absolute atomic E-state index is 11.2. The highest BCUT2D eigenvalue weighted by Crippen LogP contribution is 2.28. The molecule has 0 aromatic rings. The summed E-state index contributed by atoms with van der Waals surface area (Å²) in [5, 5.41) is 0. The highest BCUT2D eigenvalue weighted by atomic mass is 16.5. The van der Waals surface area contributed by atoms with Crippen LogP contribution in [-0.2, 0) is 9.53 Å². The third kappa shape index (κ3) is 2.36. The summed E-state index contributed by atoms with van der Waals surface area (Å²) in [7, 11) is 0. The monoisotopic (exact) mass is 168 g/mol. The SMILES string of the molecule is C=COC(=O)C1CCC(C)CC1. The zero-order valence-corrected chi connectivity index (χ0v) is 7.58. The average molecular weight is 168 g/mol. The van der Waals surface area contributed by atoms with Gasteiger partial charge in [0.05, 0.1) is 12.2 Å². The summed E-state index contributed by atoms with van der Waals surface area (Å²) in [5.74, 6) is 0.800. The topological polar surface area (TPSA) is 26.3 Å². The van der Waals surface area contributed by atoms with Crippen LogP contribution in [0.2, 0.25) is 0 Å². The highest BCUT2D eigenvalue weighted by Gasteiger charge is 2.24. The molecule has 1 aliphatic carbocycles. The molecule has 1 aliphatic rings. The number of carbonyl (C=O) groups excluding carboxylic acids is 1. The van der Waals surface area contributed by atoms with Crippen LogP contribution in [0, 0.1) is 11.8 Å². The van der Waals surface area contributed by atoms with Crippen molar-refractivity contribution in [2.45, 2.75) is 32.6 Å². The molecular formula is C10H16O2. The molecule has 0 N–H and O–H groups in total. The molecule has 1 fully saturated rings. The minimum atomic E-state index is -0.100. The summed E-state index contributed by atoms with van der Waals surface area (Å²) in [5.41, 5.74) is 0. The second-order valence-electron chi connectivity index (χ2n) is 3.56. The molecule has 2 heteroatoms. The predicted molar refractivity (Wildman–Crippen MR) is 47.4 cm³/mol. The van der Waals surface area contributed by atoms with Gasteiger partial charge in [-0.2, -0.15) is 0 Å². The maximum Gasteiger partial charge on any atom is 0.313 e. The Morgan fingerprint density at radius 2 is 2.00 bits per heavy atom. The molecule has 0 spiro atoms. The van der Waals surface area contributed by atoms with Crippen LogP contribution in [0.3, 0.4) is 0 Å². The first-order chi connectivity index (χ1) is 5.74. The fourth-order valence-corrected chi connectivity index (χ4v) is 1.67. The van der Waals surface area contributed by atoms with Gasteiger partial charge in [-0.25, -0.2) is 0 Å². The van der Waals surface area contributed by atoms with Gasteiger partial charge in [-0.3, -0.25) is 4.79 Å². The number of hydrogen-bond acceptors (Lipinski definition) is 2. The summed E-state index contributed by atoms with van der Waals surface area (Å²) >= 11 is 0. The molecule has 0 aliphatic heterocycles. The molecule has 1 saturated carbocycles. The number of hydrogen-bond donors (Lipinski definition) is 0. The third-order valence-corrected chi connectivity index (χ3v) is 2.55. The van der Waals surface area contributed by atoms with Gasteiger partial charge < -0.3 is 4.74 Å². The van der Waals surface area contributed by atoms with Crippen molar-refractivity contribution in [3.8, 4) is 0 Å². The van der Waals surface area contributed by atoms with E-state index in [2.05, 4.69) is 13.5 Å². The summed E-state index contributed by atoms with van der Waals surface area (Å²) in [4.78, 5) is 11.2. The minimum Gasteiger partial charge on any atom is -0.435 e. The van der Waals surface area contributed by atoms with E-state index in [1.54, 1.807) is 0 Å². The van der Waals surface area contributed by atoms with Crippen molar-refractivity contribution >= 4 is 5.97 Å². The van der Waals surface area contributed by atoms with Gasteiger partial charge in [0.15, 0.2) is 0 Å². The number of rotatable bonds is 2. The van der Waals surface area contributed by atoms with Gasteiger partial charge in [0.2, 0.25) is 0 Å². The largest absolute Gasteiger partial charge is 0.435 e. The van der Waals surface area contributed by atoms with Crippen molar-refractivity contribution in [1.82, 2.24) is 0 Å². The van der Waals surface area contributed by atoms with E-state index >= 15 is 0 Å². The van der Waals surface area contributed by atoms with Crippen molar-refractivity contribution in [2.75, 3.05) is 0 Å². The standard InChI is InChI=1S/C10H16O2/c1-3-12-10(11)9-6-4-8(2)5-7-9/h3,8-9H,1,4-7H2,2H3. The number of ether oxygens (including phenoxy) is 1. The first kappa shape index (κ1) is 9.30. The van der Waals surface area contributed by atoms with Gasteiger partial charge in [-0.1, -0.05) is 13.5 Å². The highest BCUT2D eigenvalue weighted by molar-refractivity contribution is 5.73. The van der Waals surface area contributed by atoms with Gasteiger partial charge in [0, 0.05) is 0 Å². The maximum atomic E-state index is 11.2. The van der Waals surface area contributed by atoms with Crippen molar-refractivity contribution in [1.29, 1.82) is 0 Å². The van der Waals surface area contributed by atoms with E-state index in [1.807, 2.05) is 0 Å². The second kappa shape index (κ2) is 4.29. The second-order valence-corrected chi connectivity index (χ2v) is 3.56. The lowest BCUT2D eigenvalue weighted by Gasteiger charge is -2.23. The van der Waals surface area contributed by atoms with E-state index in [9.17, 15) is 4.79 Å². The molecule has 0 saturated heterocycles. The summed E-state index contributed by atoms with van der Waals surface area (Å²) in [6.45, 7) is 5.60. The van der Waals surface area contributed by atoms with Crippen LogP contribution in [0.4, 0.5) is 0 Å². The Balaban J connectivity index is 2.33. The zero-order chi connectivity index (χ0) is 8.97. The molecule has 0 unspecified atom stereocenters. The lowest BCUT2D eigenvalue weighted by Crippen LogP contribution is -2.21. The molecule has 0 aromatic heterocycles. The average Bonchev–Trinajstić information content (AvgIpc) is 2.06. The smallest absolute Gasteiger partial charge is 0.313 e. The molecule has 0 aromatic carbocycles. The number of esters is 1. The normalized spacial score (nSPS) is 29.4.